The number of carboxylic acids is 1. The van der Waals surface area contributed by atoms with Gasteiger partial charge in [-0.1, -0.05) is 21.1 Å². The van der Waals surface area contributed by atoms with Gasteiger partial charge in [-0.05, 0) is 18.2 Å². The first-order valence-electron chi connectivity index (χ1n) is 4.82. The highest BCUT2D eigenvalue weighted by Crippen LogP contribution is 2.21. The summed E-state index contributed by atoms with van der Waals surface area (Å²) in [6, 6.07) is 5.91. The molecule has 0 aliphatic heterocycles. The van der Waals surface area contributed by atoms with Crippen LogP contribution in [0.1, 0.15) is 20.8 Å². The minimum atomic E-state index is -1.13. The van der Waals surface area contributed by atoms with Crippen molar-refractivity contribution >= 4 is 33.5 Å². The van der Waals surface area contributed by atoms with E-state index in [0.717, 1.165) is 0 Å². The highest BCUT2D eigenvalue weighted by Gasteiger charge is 2.15. The van der Waals surface area contributed by atoms with Gasteiger partial charge in [0.2, 0.25) is 0 Å². The van der Waals surface area contributed by atoms with Crippen LogP contribution < -0.4 is 5.32 Å². The smallest absolute Gasteiger partial charge is 0.337 e. The number of anilines is 1. The number of carbonyl (C=O) groups excluding carboxylic acids is 1. The molecule has 0 aliphatic carbocycles. The Morgan fingerprint density at radius 2 is 2.11 bits per heavy atom. The van der Waals surface area contributed by atoms with Gasteiger partial charge in [0.15, 0.2) is 5.69 Å². The van der Waals surface area contributed by atoms with Crippen molar-refractivity contribution in [2.45, 2.75) is 0 Å². The number of nitrogens with one attached hydrogen (secondary N) is 1. The molecule has 0 unspecified atom stereocenters. The second-order valence-electron chi connectivity index (χ2n) is 3.33. The van der Waals surface area contributed by atoms with Crippen molar-refractivity contribution in [3.8, 4) is 0 Å². The van der Waals surface area contributed by atoms with Crippen LogP contribution in [0.5, 0.6) is 0 Å². The fourth-order valence-corrected chi connectivity index (χ4v) is 1.68. The van der Waals surface area contributed by atoms with E-state index in [9.17, 15) is 9.59 Å². The maximum atomic E-state index is 11.7. The largest absolute Gasteiger partial charge is 0.478 e. The molecule has 1 amide bonds. The van der Waals surface area contributed by atoms with Gasteiger partial charge >= 0.3 is 5.97 Å². The van der Waals surface area contributed by atoms with E-state index in [0.29, 0.717) is 4.47 Å². The first-order valence-corrected chi connectivity index (χ1v) is 5.62. The van der Waals surface area contributed by atoms with Gasteiger partial charge in [0.05, 0.1) is 11.3 Å². The lowest BCUT2D eigenvalue weighted by molar-refractivity contribution is 0.0698. The van der Waals surface area contributed by atoms with E-state index in [1.807, 2.05) is 0 Å². The molecule has 2 aromatic rings. The summed E-state index contributed by atoms with van der Waals surface area (Å²) in [7, 11) is 0. The molecule has 0 saturated heterocycles. The van der Waals surface area contributed by atoms with Gasteiger partial charge in [-0.2, -0.15) is 0 Å². The first-order chi connectivity index (χ1) is 8.58. The molecular formula is C11H7BrN2O4. The fraction of sp³-hybridized carbons (Fsp3) is 0. The molecule has 0 atom stereocenters. The average molecular weight is 311 g/mol. The Kier molecular flexibility index (Phi) is 3.42. The quantitative estimate of drug-likeness (QED) is 0.908. The molecule has 0 radical (unpaired) electrons. The van der Waals surface area contributed by atoms with Crippen molar-refractivity contribution in [3.05, 3.63) is 46.3 Å². The highest BCUT2D eigenvalue weighted by molar-refractivity contribution is 9.10. The lowest BCUT2D eigenvalue weighted by Crippen LogP contribution is -2.15. The summed E-state index contributed by atoms with van der Waals surface area (Å²) in [6.07, 6.45) is 1.26. The predicted molar refractivity (Wildman–Crippen MR) is 65.6 cm³/mol. The van der Waals surface area contributed by atoms with Crippen molar-refractivity contribution in [2.75, 3.05) is 5.32 Å². The number of aromatic carboxylic acids is 1. The Balaban J connectivity index is 2.29. The van der Waals surface area contributed by atoms with Crippen molar-refractivity contribution in [2.24, 2.45) is 0 Å². The van der Waals surface area contributed by atoms with Crippen molar-refractivity contribution in [3.63, 3.8) is 0 Å². The SMILES string of the molecule is O=C(Nc1ccc(Br)cc1C(=O)O)c1ccon1. The Labute approximate surface area is 110 Å². The summed E-state index contributed by atoms with van der Waals surface area (Å²) >= 11 is 3.17. The van der Waals surface area contributed by atoms with Crippen LogP contribution in [0.3, 0.4) is 0 Å². The zero-order valence-electron chi connectivity index (χ0n) is 8.88. The number of carboxylic acid groups (broad SMARTS) is 1. The van der Waals surface area contributed by atoms with E-state index in [-0.39, 0.29) is 16.9 Å². The third-order valence-corrected chi connectivity index (χ3v) is 2.62. The van der Waals surface area contributed by atoms with E-state index in [1.54, 1.807) is 6.07 Å². The molecule has 0 saturated carbocycles. The summed E-state index contributed by atoms with van der Waals surface area (Å²) in [4.78, 5) is 22.7. The number of hydrogen-bond donors (Lipinski definition) is 2. The number of halogens is 1. The van der Waals surface area contributed by atoms with Gasteiger partial charge in [-0.15, -0.1) is 0 Å². The minimum absolute atomic E-state index is 0.0128. The zero-order valence-corrected chi connectivity index (χ0v) is 10.5. The van der Waals surface area contributed by atoms with Gasteiger partial charge in [-0.25, -0.2) is 4.79 Å². The van der Waals surface area contributed by atoms with Gasteiger partial charge in [0, 0.05) is 10.5 Å². The molecule has 1 aromatic carbocycles. The molecule has 0 bridgehead atoms. The summed E-state index contributed by atoms with van der Waals surface area (Å²) < 4.78 is 5.15. The molecule has 1 heterocycles. The van der Waals surface area contributed by atoms with E-state index in [2.05, 4.69) is 30.9 Å². The van der Waals surface area contributed by atoms with Crippen LogP contribution in [0.25, 0.3) is 0 Å². The number of nitrogens with zero attached hydrogens (tertiary/aromatic N) is 1. The number of benzene rings is 1. The Bertz CT molecular complexity index is 595. The van der Waals surface area contributed by atoms with E-state index >= 15 is 0 Å². The Morgan fingerprint density at radius 3 is 2.72 bits per heavy atom. The number of hydrogen-bond acceptors (Lipinski definition) is 4. The van der Waals surface area contributed by atoms with Gasteiger partial charge in [0.25, 0.3) is 5.91 Å². The molecule has 18 heavy (non-hydrogen) atoms. The van der Waals surface area contributed by atoms with Crippen LogP contribution >= 0.6 is 15.9 Å². The zero-order chi connectivity index (χ0) is 13.1. The van der Waals surface area contributed by atoms with Crippen LogP contribution in [0.4, 0.5) is 5.69 Å². The van der Waals surface area contributed by atoms with Crippen LogP contribution in [0.2, 0.25) is 0 Å². The Morgan fingerprint density at radius 1 is 1.33 bits per heavy atom. The molecular weight excluding hydrogens is 304 g/mol. The van der Waals surface area contributed by atoms with Crippen LogP contribution in [0.15, 0.2) is 39.5 Å². The fourth-order valence-electron chi connectivity index (χ4n) is 1.32. The van der Waals surface area contributed by atoms with E-state index in [1.165, 1.54) is 24.5 Å². The van der Waals surface area contributed by atoms with Gasteiger partial charge in [0.1, 0.15) is 6.26 Å². The van der Waals surface area contributed by atoms with Gasteiger partial charge < -0.3 is 14.9 Å². The van der Waals surface area contributed by atoms with Crippen LogP contribution in [-0.2, 0) is 0 Å². The second-order valence-corrected chi connectivity index (χ2v) is 4.25. The number of carbonyl (C=O) groups is 2. The number of aromatic nitrogens is 1. The molecule has 0 aliphatic rings. The summed E-state index contributed by atoms with van der Waals surface area (Å²) in [5, 5.41) is 14.9. The average Bonchev–Trinajstić information content (AvgIpc) is 2.84. The normalized spacial score (nSPS) is 10.1. The van der Waals surface area contributed by atoms with E-state index in [4.69, 9.17) is 5.11 Å². The second kappa shape index (κ2) is 5.01. The Hall–Kier alpha value is -2.15. The van der Waals surface area contributed by atoms with Crippen molar-refractivity contribution in [1.29, 1.82) is 0 Å². The predicted octanol–water partition coefficient (Wildman–Crippen LogP) is 2.39. The third-order valence-electron chi connectivity index (χ3n) is 2.13. The minimum Gasteiger partial charge on any atom is -0.478 e. The lowest BCUT2D eigenvalue weighted by Gasteiger charge is -2.07. The van der Waals surface area contributed by atoms with Crippen molar-refractivity contribution < 1.29 is 19.2 Å². The molecule has 6 nitrogen and oxygen atoms in total. The highest BCUT2D eigenvalue weighted by atomic mass is 79.9. The maximum absolute atomic E-state index is 11.7. The number of rotatable bonds is 3. The van der Waals surface area contributed by atoms with Gasteiger partial charge in [-0.3, -0.25) is 4.79 Å². The molecule has 2 N–H and O–H groups in total. The monoisotopic (exact) mass is 310 g/mol. The number of amides is 1. The van der Waals surface area contributed by atoms with Crippen LogP contribution in [0, 0.1) is 0 Å². The van der Waals surface area contributed by atoms with Crippen LogP contribution in [-0.4, -0.2) is 22.1 Å². The molecule has 1 aromatic heterocycles. The standard InChI is InChI=1S/C11H7BrN2O4/c12-6-1-2-8(7(5-6)11(16)17)13-10(15)9-3-4-18-14-9/h1-5H,(H,13,15)(H,16,17). The molecule has 2 rings (SSSR count). The summed E-state index contributed by atoms with van der Waals surface area (Å²) in [5.41, 5.74) is 0.258. The van der Waals surface area contributed by atoms with E-state index < -0.39 is 11.9 Å². The molecule has 0 fully saturated rings. The first kappa shape index (κ1) is 12.3. The molecule has 92 valence electrons. The maximum Gasteiger partial charge on any atom is 0.337 e. The lowest BCUT2D eigenvalue weighted by atomic mass is 10.2. The molecule has 7 heteroatoms. The summed E-state index contributed by atoms with van der Waals surface area (Å²) in [6.45, 7) is 0. The topological polar surface area (TPSA) is 92.4 Å². The summed E-state index contributed by atoms with van der Waals surface area (Å²) in [5.74, 6) is -1.67. The van der Waals surface area contributed by atoms with Crippen molar-refractivity contribution in [1.82, 2.24) is 5.16 Å². The molecule has 0 spiro atoms. The third kappa shape index (κ3) is 2.57.